The molecule has 3 N–H and O–H groups in total. The number of rotatable bonds is 5. The number of hydrogen-bond acceptors (Lipinski definition) is 2. The van der Waals surface area contributed by atoms with E-state index in [1.807, 2.05) is 30.3 Å². The highest BCUT2D eigenvalue weighted by Crippen LogP contribution is 2.29. The average molecular weight is 323 g/mol. The van der Waals surface area contributed by atoms with Gasteiger partial charge in [0.15, 0.2) is 0 Å². The van der Waals surface area contributed by atoms with Crippen molar-refractivity contribution in [2.24, 2.45) is 5.73 Å². The molecule has 0 aliphatic rings. The van der Waals surface area contributed by atoms with Gasteiger partial charge in [0.1, 0.15) is 0 Å². The van der Waals surface area contributed by atoms with Gasteiger partial charge in [-0.25, -0.2) is 0 Å². The van der Waals surface area contributed by atoms with Crippen LogP contribution in [-0.4, -0.2) is 11.9 Å². The minimum absolute atomic E-state index is 0.291. The lowest BCUT2D eigenvalue weighted by atomic mass is 10.1. The summed E-state index contributed by atoms with van der Waals surface area (Å²) in [6.45, 7) is 0. The Kier molecular flexibility index (Phi) is 5.62. The second kappa shape index (κ2) is 7.46. The van der Waals surface area contributed by atoms with Gasteiger partial charge >= 0.3 is 0 Å². The van der Waals surface area contributed by atoms with Gasteiger partial charge < -0.3 is 11.1 Å². The predicted octanol–water partition coefficient (Wildman–Crippen LogP) is 3.89. The number of benzene rings is 2. The van der Waals surface area contributed by atoms with Crippen LogP contribution in [-0.2, 0) is 11.2 Å². The zero-order valence-electron chi connectivity index (χ0n) is 11.4. The third-order valence-corrected chi connectivity index (χ3v) is 3.76. The molecular formula is C16H16Cl2N2O. The summed E-state index contributed by atoms with van der Waals surface area (Å²) in [4.78, 5) is 12.1. The maximum Gasteiger partial charge on any atom is 0.241 e. The Morgan fingerprint density at radius 2 is 1.67 bits per heavy atom. The van der Waals surface area contributed by atoms with Crippen LogP contribution >= 0.6 is 23.2 Å². The molecule has 1 atom stereocenters. The zero-order valence-corrected chi connectivity index (χ0v) is 12.9. The zero-order chi connectivity index (χ0) is 15.2. The fourth-order valence-corrected chi connectivity index (χ4v) is 2.42. The average Bonchev–Trinajstić information content (AvgIpc) is 2.49. The molecule has 110 valence electrons. The van der Waals surface area contributed by atoms with Crippen LogP contribution in [0.4, 0.5) is 5.69 Å². The van der Waals surface area contributed by atoms with E-state index in [0.717, 1.165) is 12.0 Å². The SMILES string of the molecule is N[C@@H](CCc1ccccc1)C(=O)Nc1c(Cl)cccc1Cl. The lowest BCUT2D eigenvalue weighted by Gasteiger charge is -2.14. The van der Waals surface area contributed by atoms with Crippen molar-refractivity contribution in [3.63, 3.8) is 0 Å². The van der Waals surface area contributed by atoms with Gasteiger partial charge in [-0.15, -0.1) is 0 Å². The molecule has 0 fully saturated rings. The van der Waals surface area contributed by atoms with Gasteiger partial charge in [0.2, 0.25) is 5.91 Å². The summed E-state index contributed by atoms with van der Waals surface area (Å²) in [5, 5.41) is 3.48. The quantitative estimate of drug-likeness (QED) is 0.877. The van der Waals surface area contributed by atoms with E-state index in [4.69, 9.17) is 28.9 Å². The summed E-state index contributed by atoms with van der Waals surface area (Å²) in [6, 6.07) is 14.3. The van der Waals surface area contributed by atoms with Crippen LogP contribution < -0.4 is 11.1 Å². The van der Waals surface area contributed by atoms with E-state index in [0.29, 0.717) is 22.2 Å². The topological polar surface area (TPSA) is 55.1 Å². The first-order valence-corrected chi connectivity index (χ1v) is 7.38. The van der Waals surface area contributed by atoms with E-state index in [2.05, 4.69) is 5.32 Å². The maximum absolute atomic E-state index is 12.1. The van der Waals surface area contributed by atoms with Gasteiger partial charge in [-0.05, 0) is 30.5 Å². The van der Waals surface area contributed by atoms with Crippen LogP contribution in [0.15, 0.2) is 48.5 Å². The third kappa shape index (κ3) is 4.46. The number of hydrogen-bond donors (Lipinski definition) is 2. The molecule has 0 bridgehead atoms. The Bertz CT molecular complexity index is 597. The molecule has 0 saturated carbocycles. The fourth-order valence-electron chi connectivity index (χ4n) is 1.93. The number of amides is 1. The molecular weight excluding hydrogens is 307 g/mol. The molecule has 0 saturated heterocycles. The molecule has 0 radical (unpaired) electrons. The van der Waals surface area contributed by atoms with Crippen molar-refractivity contribution in [2.75, 3.05) is 5.32 Å². The molecule has 0 unspecified atom stereocenters. The number of carbonyl (C=O) groups is 1. The fraction of sp³-hybridized carbons (Fsp3) is 0.188. The predicted molar refractivity (Wildman–Crippen MR) is 87.8 cm³/mol. The number of halogens is 2. The smallest absolute Gasteiger partial charge is 0.241 e. The van der Waals surface area contributed by atoms with Gasteiger partial charge in [0.25, 0.3) is 0 Å². The molecule has 0 spiro atoms. The van der Waals surface area contributed by atoms with Crippen LogP contribution in [0, 0.1) is 0 Å². The molecule has 2 rings (SSSR count). The number of nitrogens with two attached hydrogens (primary N) is 1. The lowest BCUT2D eigenvalue weighted by Crippen LogP contribution is -2.36. The van der Waals surface area contributed by atoms with Crippen LogP contribution in [0.5, 0.6) is 0 Å². The largest absolute Gasteiger partial charge is 0.322 e. The van der Waals surface area contributed by atoms with Crippen molar-refractivity contribution in [3.05, 3.63) is 64.1 Å². The number of carbonyl (C=O) groups excluding carboxylic acids is 1. The van der Waals surface area contributed by atoms with Crippen LogP contribution in [0.3, 0.4) is 0 Å². The summed E-state index contributed by atoms with van der Waals surface area (Å²) in [7, 11) is 0. The van der Waals surface area contributed by atoms with Gasteiger partial charge in [0.05, 0.1) is 21.8 Å². The number of nitrogens with one attached hydrogen (secondary N) is 1. The minimum Gasteiger partial charge on any atom is -0.322 e. The van der Waals surface area contributed by atoms with Gasteiger partial charge in [0, 0.05) is 0 Å². The van der Waals surface area contributed by atoms with Crippen LogP contribution in [0.2, 0.25) is 10.0 Å². The monoisotopic (exact) mass is 322 g/mol. The summed E-state index contributed by atoms with van der Waals surface area (Å²) >= 11 is 12.0. The first-order valence-electron chi connectivity index (χ1n) is 6.62. The van der Waals surface area contributed by atoms with E-state index in [9.17, 15) is 4.79 Å². The van der Waals surface area contributed by atoms with E-state index in [1.165, 1.54) is 0 Å². The van der Waals surface area contributed by atoms with Gasteiger partial charge in [-0.1, -0.05) is 59.6 Å². The second-order valence-corrected chi connectivity index (χ2v) is 5.53. The molecule has 0 heterocycles. The van der Waals surface area contributed by atoms with Gasteiger partial charge in [-0.3, -0.25) is 4.79 Å². The van der Waals surface area contributed by atoms with E-state index < -0.39 is 6.04 Å². The molecule has 2 aromatic rings. The molecule has 5 heteroatoms. The van der Waals surface area contributed by atoms with Crippen molar-refractivity contribution in [3.8, 4) is 0 Å². The Morgan fingerprint density at radius 1 is 1.05 bits per heavy atom. The Balaban J connectivity index is 1.94. The third-order valence-electron chi connectivity index (χ3n) is 3.13. The van der Waals surface area contributed by atoms with Crippen molar-refractivity contribution < 1.29 is 4.79 Å². The normalized spacial score (nSPS) is 12.0. The maximum atomic E-state index is 12.1. The highest BCUT2D eigenvalue weighted by Gasteiger charge is 2.16. The van der Waals surface area contributed by atoms with Gasteiger partial charge in [-0.2, -0.15) is 0 Å². The van der Waals surface area contributed by atoms with Crippen molar-refractivity contribution >= 4 is 34.8 Å². The van der Waals surface area contributed by atoms with E-state index in [-0.39, 0.29) is 5.91 Å². The second-order valence-electron chi connectivity index (χ2n) is 4.72. The van der Waals surface area contributed by atoms with Crippen LogP contribution in [0.1, 0.15) is 12.0 Å². The Hall–Kier alpha value is -1.55. The standard InChI is InChI=1S/C16H16Cl2N2O/c17-12-7-4-8-13(18)15(12)20-16(21)14(19)10-9-11-5-2-1-3-6-11/h1-8,14H,9-10,19H2,(H,20,21)/t14-/m0/s1. The Labute approximate surface area is 134 Å². The minimum atomic E-state index is -0.613. The summed E-state index contributed by atoms with van der Waals surface area (Å²) < 4.78 is 0. The first-order chi connectivity index (χ1) is 10.1. The molecule has 0 aromatic heterocycles. The highest BCUT2D eigenvalue weighted by atomic mass is 35.5. The summed E-state index contributed by atoms with van der Waals surface area (Å²) in [5.74, 6) is -0.291. The molecule has 3 nitrogen and oxygen atoms in total. The van der Waals surface area contributed by atoms with Crippen molar-refractivity contribution in [1.29, 1.82) is 0 Å². The number of para-hydroxylation sites is 1. The van der Waals surface area contributed by atoms with Crippen molar-refractivity contribution in [2.45, 2.75) is 18.9 Å². The first kappa shape index (κ1) is 15.8. The van der Waals surface area contributed by atoms with E-state index in [1.54, 1.807) is 18.2 Å². The number of anilines is 1. The summed E-state index contributed by atoms with van der Waals surface area (Å²) in [5.41, 5.74) is 7.47. The molecule has 0 aliphatic carbocycles. The molecule has 0 aliphatic heterocycles. The van der Waals surface area contributed by atoms with Crippen LogP contribution in [0.25, 0.3) is 0 Å². The highest BCUT2D eigenvalue weighted by molar-refractivity contribution is 6.39. The van der Waals surface area contributed by atoms with Crippen molar-refractivity contribution in [1.82, 2.24) is 0 Å². The summed E-state index contributed by atoms with van der Waals surface area (Å²) in [6.07, 6.45) is 1.30. The number of aryl methyl sites for hydroxylation is 1. The lowest BCUT2D eigenvalue weighted by molar-refractivity contribution is -0.117. The molecule has 1 amide bonds. The molecule has 21 heavy (non-hydrogen) atoms. The Morgan fingerprint density at radius 3 is 2.29 bits per heavy atom. The van der Waals surface area contributed by atoms with E-state index >= 15 is 0 Å². The molecule has 2 aromatic carbocycles.